The summed E-state index contributed by atoms with van der Waals surface area (Å²) in [5.74, 6) is 0. The van der Waals surface area contributed by atoms with E-state index < -0.39 is 0 Å². The van der Waals surface area contributed by atoms with Crippen LogP contribution in [-0.4, -0.2) is 9.13 Å². The van der Waals surface area contributed by atoms with E-state index >= 15 is 0 Å². The van der Waals surface area contributed by atoms with Gasteiger partial charge in [0.25, 0.3) is 0 Å². The van der Waals surface area contributed by atoms with Crippen molar-refractivity contribution in [2.75, 3.05) is 0 Å². The maximum atomic E-state index is 6.49. The van der Waals surface area contributed by atoms with Crippen LogP contribution in [0.25, 0.3) is 60.6 Å². The van der Waals surface area contributed by atoms with Gasteiger partial charge in [-0.3, -0.25) is 0 Å². The molecule has 52 heavy (non-hydrogen) atoms. The third-order valence-electron chi connectivity index (χ3n) is 9.48. The Morgan fingerprint density at radius 2 is 1.02 bits per heavy atom. The number of benzene rings is 6. The molecule has 3 nitrogen and oxygen atoms in total. The van der Waals surface area contributed by atoms with Crippen LogP contribution in [-0.2, 0) is 6.42 Å². The van der Waals surface area contributed by atoms with Gasteiger partial charge in [-0.15, -0.1) is 0 Å². The number of hydrogen-bond acceptors (Lipinski definition) is 1. The van der Waals surface area contributed by atoms with E-state index in [9.17, 15) is 0 Å². The first-order valence-corrected chi connectivity index (χ1v) is 18.6. The number of aromatic nitrogens is 2. The molecule has 8 rings (SSSR count). The third-order valence-corrected chi connectivity index (χ3v) is 9.48. The predicted octanol–water partition coefficient (Wildman–Crippen LogP) is 13.4. The lowest BCUT2D eigenvalue weighted by atomic mass is 9.93. The van der Waals surface area contributed by atoms with E-state index in [1.165, 1.54) is 49.2 Å². The highest BCUT2D eigenvalue weighted by Crippen LogP contribution is 2.39. The summed E-state index contributed by atoms with van der Waals surface area (Å²) in [4.78, 5) is 0. The summed E-state index contributed by atoms with van der Waals surface area (Å²) in [5, 5.41) is 5.03. The van der Waals surface area contributed by atoms with Crippen LogP contribution < -0.4 is 5.73 Å². The van der Waals surface area contributed by atoms with Crippen LogP contribution in [0.3, 0.4) is 0 Å². The van der Waals surface area contributed by atoms with Gasteiger partial charge >= 0.3 is 0 Å². The molecule has 0 unspecified atom stereocenters. The number of nitrogens with two attached hydrogens (primary N) is 1. The normalized spacial score (nSPS) is 12.2. The van der Waals surface area contributed by atoms with Gasteiger partial charge in [-0.25, -0.2) is 0 Å². The van der Waals surface area contributed by atoms with Crippen LogP contribution in [0.15, 0.2) is 175 Å². The number of fused-ring (bicyclic) bond motifs is 6. The van der Waals surface area contributed by atoms with E-state index in [1.807, 2.05) is 40.7 Å². The first kappa shape index (κ1) is 35.8. The first-order chi connectivity index (χ1) is 25.7. The number of hydrogen-bond donors (Lipinski definition) is 1. The van der Waals surface area contributed by atoms with Crippen molar-refractivity contribution in [1.29, 1.82) is 0 Å². The van der Waals surface area contributed by atoms with Crippen LogP contribution in [0.5, 0.6) is 0 Å². The molecule has 0 bridgehead atoms. The summed E-state index contributed by atoms with van der Waals surface area (Å²) in [6.07, 6.45) is 7.17. The molecule has 0 saturated carbocycles. The number of allylic oxidation sites excluding steroid dienone is 4. The van der Waals surface area contributed by atoms with Crippen LogP contribution in [0.1, 0.15) is 52.7 Å². The van der Waals surface area contributed by atoms with E-state index in [-0.39, 0.29) is 0 Å². The fraction of sp³-hybridized carbons (Fsp3) is 0.143. The Labute approximate surface area is 308 Å². The molecule has 6 aromatic carbocycles. The second kappa shape index (κ2) is 16.3. The van der Waals surface area contributed by atoms with Gasteiger partial charge in [-0.1, -0.05) is 143 Å². The zero-order valence-electron chi connectivity index (χ0n) is 31.3. The Kier molecular flexibility index (Phi) is 11.2. The second-order valence-electron chi connectivity index (χ2n) is 12.2. The fourth-order valence-electron chi connectivity index (χ4n) is 7.24. The summed E-state index contributed by atoms with van der Waals surface area (Å²) >= 11 is 0. The zero-order chi connectivity index (χ0) is 36.6. The molecule has 0 radical (unpaired) electrons. The molecule has 0 spiro atoms. The molecular formula is C49H49N3. The van der Waals surface area contributed by atoms with E-state index in [4.69, 9.17) is 5.73 Å². The molecule has 0 fully saturated rings. The van der Waals surface area contributed by atoms with Gasteiger partial charge in [0.05, 0.1) is 22.1 Å². The molecule has 0 aliphatic heterocycles. The Bertz CT molecular complexity index is 2540. The first-order valence-electron chi connectivity index (χ1n) is 18.6. The third kappa shape index (κ3) is 6.58. The smallest absolute Gasteiger partial charge is 0.0562 e. The molecule has 0 saturated heterocycles. The van der Waals surface area contributed by atoms with E-state index in [2.05, 4.69) is 174 Å². The lowest BCUT2D eigenvalue weighted by Gasteiger charge is -2.14. The standard InChI is InChI=1S/C45H37N3.2C2H6/c1-3-35(41(46)4-2)36(32-17-7-5-8-18-32)27-26-31-16-15-21-34(28-31)48-43-25-14-12-23-38(43)40-29-39-37-22-11-13-24-42(37)47(44(39)30-45(40)48)33-19-9-6-10-20-33;2*1-2/h3-25,27-30H,26,46H2,1-2H3;2*1-2H3/b35-3-,36-27-,41-4+;;. The minimum absolute atomic E-state index is 0.774. The van der Waals surface area contributed by atoms with Crippen molar-refractivity contribution in [2.45, 2.75) is 48.0 Å². The average molecular weight is 680 g/mol. The minimum Gasteiger partial charge on any atom is -0.399 e. The Morgan fingerprint density at radius 1 is 0.500 bits per heavy atom. The van der Waals surface area contributed by atoms with Crippen molar-refractivity contribution in [2.24, 2.45) is 5.73 Å². The van der Waals surface area contributed by atoms with Gasteiger partial charge in [0.1, 0.15) is 0 Å². The van der Waals surface area contributed by atoms with Crippen LogP contribution in [0.2, 0.25) is 0 Å². The molecular weight excluding hydrogens is 631 g/mol. The van der Waals surface area contributed by atoms with Crippen molar-refractivity contribution in [3.05, 3.63) is 186 Å². The predicted molar refractivity (Wildman–Crippen MR) is 228 cm³/mol. The van der Waals surface area contributed by atoms with Gasteiger partial charge in [-0.05, 0) is 85.5 Å². The molecule has 8 aromatic rings. The Balaban J connectivity index is 0.00000112. The highest BCUT2D eigenvalue weighted by Gasteiger charge is 2.18. The molecule has 3 heteroatoms. The zero-order valence-corrected chi connectivity index (χ0v) is 31.3. The lowest BCUT2D eigenvalue weighted by Crippen LogP contribution is -2.03. The van der Waals surface area contributed by atoms with Crippen molar-refractivity contribution >= 4 is 49.2 Å². The number of nitrogens with zero attached hydrogens (tertiary/aromatic N) is 2. The largest absolute Gasteiger partial charge is 0.399 e. The molecule has 2 aromatic heterocycles. The van der Waals surface area contributed by atoms with Gasteiger partial charge in [-0.2, -0.15) is 0 Å². The van der Waals surface area contributed by atoms with Crippen LogP contribution in [0.4, 0.5) is 0 Å². The average Bonchev–Trinajstić information content (AvgIpc) is 3.72. The van der Waals surface area contributed by atoms with Gasteiger partial charge in [0.15, 0.2) is 0 Å². The quantitative estimate of drug-likeness (QED) is 0.167. The monoisotopic (exact) mass is 679 g/mol. The topological polar surface area (TPSA) is 35.9 Å². The second-order valence-corrected chi connectivity index (χ2v) is 12.2. The van der Waals surface area contributed by atoms with Crippen LogP contribution >= 0.6 is 0 Å². The summed E-state index contributed by atoms with van der Waals surface area (Å²) < 4.78 is 4.82. The molecule has 2 heterocycles. The number of para-hydroxylation sites is 3. The fourth-order valence-corrected chi connectivity index (χ4v) is 7.24. The summed E-state index contributed by atoms with van der Waals surface area (Å²) in [6, 6.07) is 52.4. The van der Waals surface area contributed by atoms with E-state index in [1.54, 1.807) is 0 Å². The van der Waals surface area contributed by atoms with Gasteiger partial charge < -0.3 is 14.9 Å². The van der Waals surface area contributed by atoms with Crippen LogP contribution in [0, 0.1) is 0 Å². The Morgan fingerprint density at radius 3 is 1.60 bits per heavy atom. The van der Waals surface area contributed by atoms with Crippen molar-refractivity contribution in [3.8, 4) is 11.4 Å². The lowest BCUT2D eigenvalue weighted by molar-refractivity contribution is 1.15. The molecule has 0 aliphatic carbocycles. The molecule has 260 valence electrons. The number of rotatable bonds is 7. The molecule has 0 aliphatic rings. The summed E-state index contributed by atoms with van der Waals surface area (Å²) in [6.45, 7) is 12.0. The maximum Gasteiger partial charge on any atom is 0.0562 e. The van der Waals surface area contributed by atoms with Gasteiger partial charge in [0, 0.05) is 44.2 Å². The molecule has 0 amide bonds. The molecule has 2 N–H and O–H groups in total. The van der Waals surface area contributed by atoms with Crippen molar-refractivity contribution in [1.82, 2.24) is 9.13 Å². The van der Waals surface area contributed by atoms with Crippen molar-refractivity contribution < 1.29 is 0 Å². The maximum absolute atomic E-state index is 6.49. The SMILES string of the molecule is C/C=C(C(=C\Cc1cccc(-n2c3ccccc3c3cc4c5ccccc5n(-c5ccccc5)c4cc32)c1)/c1ccccc1)\C(N)=C/C.CC.CC. The highest BCUT2D eigenvalue weighted by molar-refractivity contribution is 6.19. The Hall–Kier alpha value is -6.06. The van der Waals surface area contributed by atoms with Gasteiger partial charge in [0.2, 0.25) is 0 Å². The van der Waals surface area contributed by atoms with Crippen molar-refractivity contribution in [3.63, 3.8) is 0 Å². The molecule has 0 atom stereocenters. The minimum atomic E-state index is 0.774. The van der Waals surface area contributed by atoms with E-state index in [0.717, 1.165) is 40.2 Å². The summed E-state index contributed by atoms with van der Waals surface area (Å²) in [5.41, 5.74) is 19.0. The summed E-state index contributed by atoms with van der Waals surface area (Å²) in [7, 11) is 0. The van der Waals surface area contributed by atoms with E-state index in [0.29, 0.717) is 0 Å². The highest BCUT2D eigenvalue weighted by atomic mass is 15.0.